The molecule has 3 N–H and O–H groups in total. The highest BCUT2D eigenvalue weighted by Crippen LogP contribution is 2.32. The van der Waals surface area contributed by atoms with Crippen LogP contribution < -0.4 is 11.1 Å². The van der Waals surface area contributed by atoms with Crippen molar-refractivity contribution in [2.45, 2.75) is 57.5 Å². The topological polar surface area (TPSA) is 55.1 Å². The van der Waals surface area contributed by atoms with Crippen molar-refractivity contribution >= 4 is 50.9 Å². The quantitative estimate of drug-likeness (QED) is 0.529. The van der Waals surface area contributed by atoms with Crippen LogP contribution in [0.15, 0.2) is 16.6 Å². The number of hydrogen-bond acceptors (Lipinski definition) is 3. The number of hydrogen-bond donors (Lipinski definition) is 2. The van der Waals surface area contributed by atoms with E-state index in [-0.39, 0.29) is 17.9 Å². The minimum atomic E-state index is -0.458. The van der Waals surface area contributed by atoms with Crippen LogP contribution in [0.25, 0.3) is 0 Å². The van der Waals surface area contributed by atoms with E-state index >= 15 is 0 Å². The average Bonchev–Trinajstić information content (AvgIpc) is 2.49. The van der Waals surface area contributed by atoms with Crippen molar-refractivity contribution < 1.29 is 4.79 Å². The van der Waals surface area contributed by atoms with E-state index in [1.807, 2.05) is 0 Å². The summed E-state index contributed by atoms with van der Waals surface area (Å²) in [6.45, 7) is 2.90. The molecule has 0 radical (unpaired) electrons. The first kappa shape index (κ1) is 19.8. The fraction of sp³-hybridized carbons (Fsp3) is 0.562. The SMILES string of the molecule is CCC1(NCc2cc(C(=O)Cl)cc(Br)c2N)CCCCC1.Cl. The number of carbonyl (C=O) groups is 1. The third-order valence-corrected chi connectivity index (χ3v) is 5.46. The third kappa shape index (κ3) is 4.60. The molecule has 0 saturated heterocycles. The largest absolute Gasteiger partial charge is 0.398 e. The van der Waals surface area contributed by atoms with E-state index in [1.54, 1.807) is 12.1 Å². The smallest absolute Gasteiger partial charge is 0.252 e. The molecule has 124 valence electrons. The van der Waals surface area contributed by atoms with Gasteiger partial charge in [0.05, 0.1) is 5.69 Å². The summed E-state index contributed by atoms with van der Waals surface area (Å²) in [7, 11) is 0. The molecule has 22 heavy (non-hydrogen) atoms. The van der Waals surface area contributed by atoms with Gasteiger partial charge in [0.25, 0.3) is 5.24 Å². The van der Waals surface area contributed by atoms with Crippen molar-refractivity contribution in [3.8, 4) is 0 Å². The molecule has 1 saturated carbocycles. The van der Waals surface area contributed by atoms with Crippen molar-refractivity contribution in [3.05, 3.63) is 27.7 Å². The zero-order valence-electron chi connectivity index (χ0n) is 12.8. The number of nitrogen functional groups attached to an aromatic ring is 1. The Balaban J connectivity index is 0.00000242. The van der Waals surface area contributed by atoms with Crippen molar-refractivity contribution in [1.29, 1.82) is 0 Å². The van der Waals surface area contributed by atoms with Crippen LogP contribution >= 0.6 is 39.9 Å². The lowest BCUT2D eigenvalue weighted by Crippen LogP contribution is -2.45. The molecular formula is C16H23BrCl2N2O. The fourth-order valence-electron chi connectivity index (χ4n) is 3.10. The number of rotatable bonds is 5. The Morgan fingerprint density at radius 2 is 2.00 bits per heavy atom. The maximum absolute atomic E-state index is 11.4. The lowest BCUT2D eigenvalue weighted by Gasteiger charge is -2.38. The lowest BCUT2D eigenvalue weighted by atomic mass is 9.79. The van der Waals surface area contributed by atoms with Gasteiger partial charge in [0.2, 0.25) is 0 Å². The maximum atomic E-state index is 11.4. The summed E-state index contributed by atoms with van der Waals surface area (Å²) in [5.41, 5.74) is 8.39. The molecule has 0 aliphatic heterocycles. The molecule has 2 rings (SSSR count). The number of nitrogens with two attached hydrogens (primary N) is 1. The monoisotopic (exact) mass is 408 g/mol. The molecule has 0 heterocycles. The van der Waals surface area contributed by atoms with Crippen molar-refractivity contribution in [2.24, 2.45) is 0 Å². The first-order valence-electron chi connectivity index (χ1n) is 7.50. The molecule has 1 fully saturated rings. The van der Waals surface area contributed by atoms with Crippen LogP contribution in [-0.4, -0.2) is 10.8 Å². The number of carbonyl (C=O) groups excluding carboxylic acids is 1. The van der Waals surface area contributed by atoms with Gasteiger partial charge in [0.15, 0.2) is 0 Å². The molecule has 6 heteroatoms. The Hall–Kier alpha value is -0.290. The lowest BCUT2D eigenvalue weighted by molar-refractivity contribution is 0.108. The van der Waals surface area contributed by atoms with Crippen molar-refractivity contribution in [2.75, 3.05) is 5.73 Å². The van der Waals surface area contributed by atoms with Crippen LogP contribution in [0.4, 0.5) is 5.69 Å². The second-order valence-corrected chi connectivity index (χ2v) is 7.05. The van der Waals surface area contributed by atoms with Crippen LogP contribution in [0.3, 0.4) is 0 Å². The fourth-order valence-corrected chi connectivity index (χ4v) is 3.71. The molecule has 0 spiro atoms. The van der Waals surface area contributed by atoms with Gasteiger partial charge < -0.3 is 11.1 Å². The van der Waals surface area contributed by atoms with E-state index in [0.29, 0.717) is 17.8 Å². The Bertz CT molecular complexity index is 531. The second kappa shape index (κ2) is 8.53. The van der Waals surface area contributed by atoms with Crippen molar-refractivity contribution in [3.63, 3.8) is 0 Å². The van der Waals surface area contributed by atoms with E-state index in [1.165, 1.54) is 32.1 Å². The van der Waals surface area contributed by atoms with Gasteiger partial charge in [-0.1, -0.05) is 26.2 Å². The van der Waals surface area contributed by atoms with Gasteiger partial charge >= 0.3 is 0 Å². The summed E-state index contributed by atoms with van der Waals surface area (Å²) in [5.74, 6) is 0. The van der Waals surface area contributed by atoms with Gasteiger partial charge in [-0.15, -0.1) is 12.4 Å². The molecular weight excluding hydrogens is 387 g/mol. The summed E-state index contributed by atoms with van der Waals surface area (Å²) in [6, 6.07) is 3.46. The van der Waals surface area contributed by atoms with E-state index in [0.717, 1.165) is 16.5 Å². The van der Waals surface area contributed by atoms with Gasteiger partial charge in [0.1, 0.15) is 0 Å². The van der Waals surface area contributed by atoms with Gasteiger partial charge in [0, 0.05) is 22.1 Å². The van der Waals surface area contributed by atoms with E-state index in [2.05, 4.69) is 28.2 Å². The van der Waals surface area contributed by atoms with Crippen LogP contribution in [0.2, 0.25) is 0 Å². The molecule has 1 aliphatic rings. The standard InChI is InChI=1S/C16H22BrClN2O.ClH/c1-2-16(6-4-3-5-7-16)20-10-12-8-11(15(18)21)9-13(17)14(12)19;/h8-9,20H,2-7,10,19H2,1H3;1H. The minimum Gasteiger partial charge on any atom is -0.398 e. The summed E-state index contributed by atoms with van der Waals surface area (Å²) in [4.78, 5) is 11.4. The molecule has 0 bridgehead atoms. The molecule has 0 amide bonds. The van der Waals surface area contributed by atoms with E-state index in [4.69, 9.17) is 17.3 Å². The second-order valence-electron chi connectivity index (χ2n) is 5.85. The maximum Gasteiger partial charge on any atom is 0.252 e. The molecule has 0 aromatic heterocycles. The third-order valence-electron chi connectivity index (χ3n) is 4.58. The van der Waals surface area contributed by atoms with E-state index < -0.39 is 5.24 Å². The number of halogens is 3. The molecule has 1 aromatic rings. The molecule has 3 nitrogen and oxygen atoms in total. The van der Waals surface area contributed by atoms with Gasteiger partial charge in [-0.25, -0.2) is 0 Å². The number of nitrogens with one attached hydrogen (secondary N) is 1. The summed E-state index contributed by atoms with van der Waals surface area (Å²) in [6.07, 6.45) is 7.41. The Morgan fingerprint density at radius 3 is 2.55 bits per heavy atom. The number of benzene rings is 1. The van der Waals surface area contributed by atoms with Crippen molar-refractivity contribution in [1.82, 2.24) is 5.32 Å². The van der Waals surface area contributed by atoms with Crippen LogP contribution in [-0.2, 0) is 6.54 Å². The van der Waals surface area contributed by atoms with E-state index in [9.17, 15) is 4.79 Å². The number of anilines is 1. The highest BCUT2D eigenvalue weighted by atomic mass is 79.9. The first-order chi connectivity index (χ1) is 9.97. The van der Waals surface area contributed by atoms with Crippen LogP contribution in [0, 0.1) is 0 Å². The molecule has 0 unspecified atom stereocenters. The Labute approximate surface area is 151 Å². The summed E-state index contributed by atoms with van der Waals surface area (Å²) >= 11 is 8.98. The molecule has 1 aliphatic carbocycles. The molecule has 0 atom stereocenters. The highest BCUT2D eigenvalue weighted by Gasteiger charge is 2.29. The first-order valence-corrected chi connectivity index (χ1v) is 8.67. The summed E-state index contributed by atoms with van der Waals surface area (Å²) in [5, 5.41) is 3.22. The van der Waals surface area contributed by atoms with Crippen LogP contribution in [0.5, 0.6) is 0 Å². The summed E-state index contributed by atoms with van der Waals surface area (Å²) < 4.78 is 0.722. The minimum absolute atomic E-state index is 0. The van der Waals surface area contributed by atoms with Crippen LogP contribution in [0.1, 0.15) is 61.4 Å². The average molecular weight is 410 g/mol. The molecule has 1 aromatic carbocycles. The normalized spacial score (nSPS) is 16.9. The zero-order chi connectivity index (χ0) is 15.5. The van der Waals surface area contributed by atoms with Gasteiger partial charge in [-0.2, -0.15) is 0 Å². The predicted octanol–water partition coefficient (Wildman–Crippen LogP) is 5.03. The Morgan fingerprint density at radius 1 is 1.36 bits per heavy atom. The van der Waals surface area contributed by atoms with Gasteiger partial charge in [-0.3, -0.25) is 4.79 Å². The Kier molecular flexibility index (Phi) is 7.66. The zero-order valence-corrected chi connectivity index (χ0v) is 15.9. The highest BCUT2D eigenvalue weighted by molar-refractivity contribution is 9.10. The van der Waals surface area contributed by atoms with Gasteiger partial charge in [-0.05, 0) is 64.5 Å². The predicted molar refractivity (Wildman–Crippen MR) is 98.9 cm³/mol.